The topological polar surface area (TPSA) is 74.4 Å². The summed E-state index contributed by atoms with van der Waals surface area (Å²) >= 11 is 0. The van der Waals surface area contributed by atoms with E-state index in [9.17, 15) is 4.79 Å². The Bertz CT molecular complexity index is 461. The van der Waals surface area contributed by atoms with Gasteiger partial charge in [0.15, 0.2) is 5.96 Å². The van der Waals surface area contributed by atoms with Crippen LogP contribution in [0.25, 0.3) is 0 Å². The van der Waals surface area contributed by atoms with Gasteiger partial charge in [0.05, 0.1) is 0 Å². The highest BCUT2D eigenvalue weighted by molar-refractivity contribution is 5.78. The van der Waals surface area contributed by atoms with Crippen LogP contribution in [0.4, 0.5) is 4.79 Å². The quantitative estimate of drug-likeness (QED) is 0.614. The minimum Gasteiger partial charge on any atom is -0.444 e. The Hall–Kier alpha value is -1.50. The SMILES string of the molecule is CC(CN=C(N)N1CCN(C(=O)OC(C)(C)C)CC1)CN1CCCC1. The van der Waals surface area contributed by atoms with Crippen molar-refractivity contribution >= 4 is 12.1 Å². The zero-order valence-corrected chi connectivity index (χ0v) is 16.3. The van der Waals surface area contributed by atoms with Crippen LogP contribution in [0.5, 0.6) is 0 Å². The molecule has 1 amide bonds. The molecule has 25 heavy (non-hydrogen) atoms. The largest absolute Gasteiger partial charge is 0.444 e. The van der Waals surface area contributed by atoms with Crippen LogP contribution < -0.4 is 5.73 Å². The van der Waals surface area contributed by atoms with E-state index in [1.165, 1.54) is 25.9 Å². The van der Waals surface area contributed by atoms with Gasteiger partial charge in [-0.3, -0.25) is 4.99 Å². The van der Waals surface area contributed by atoms with E-state index in [0.29, 0.717) is 38.1 Å². The van der Waals surface area contributed by atoms with Gasteiger partial charge < -0.3 is 25.2 Å². The predicted molar refractivity (Wildman–Crippen MR) is 101 cm³/mol. The van der Waals surface area contributed by atoms with Gasteiger partial charge in [-0.05, 0) is 52.6 Å². The number of carbonyl (C=O) groups is 1. The summed E-state index contributed by atoms with van der Waals surface area (Å²) in [7, 11) is 0. The number of ether oxygens (including phenoxy) is 1. The fourth-order valence-electron chi connectivity index (χ4n) is 3.26. The molecule has 0 aromatic heterocycles. The molecule has 0 bridgehead atoms. The number of nitrogens with two attached hydrogens (primary N) is 1. The average molecular weight is 354 g/mol. The molecule has 2 rings (SSSR count). The molecule has 2 heterocycles. The smallest absolute Gasteiger partial charge is 0.410 e. The lowest BCUT2D eigenvalue weighted by atomic mass is 10.2. The minimum absolute atomic E-state index is 0.248. The molecule has 0 spiro atoms. The number of hydrogen-bond donors (Lipinski definition) is 1. The Morgan fingerprint density at radius 2 is 1.64 bits per heavy atom. The molecule has 7 nitrogen and oxygen atoms in total. The van der Waals surface area contributed by atoms with Gasteiger partial charge in [-0.1, -0.05) is 6.92 Å². The molecule has 2 N–H and O–H groups in total. The van der Waals surface area contributed by atoms with E-state index in [2.05, 4.69) is 21.7 Å². The van der Waals surface area contributed by atoms with Crippen LogP contribution in [-0.4, -0.2) is 84.7 Å². The average Bonchev–Trinajstić information content (AvgIpc) is 3.04. The monoisotopic (exact) mass is 353 g/mol. The summed E-state index contributed by atoms with van der Waals surface area (Å²) in [4.78, 5) is 23.0. The molecule has 2 fully saturated rings. The van der Waals surface area contributed by atoms with Gasteiger partial charge in [-0.25, -0.2) is 4.79 Å². The molecule has 0 aliphatic carbocycles. The Balaban J connectivity index is 1.72. The third-order valence-electron chi connectivity index (χ3n) is 4.59. The predicted octanol–water partition coefficient (Wildman–Crippen LogP) is 1.59. The molecular formula is C18H35N5O2. The Labute approximate surface area is 152 Å². The van der Waals surface area contributed by atoms with E-state index in [1.807, 2.05) is 20.8 Å². The summed E-state index contributed by atoms with van der Waals surface area (Å²) in [5.41, 5.74) is 5.70. The van der Waals surface area contributed by atoms with Crippen molar-refractivity contribution in [3.63, 3.8) is 0 Å². The summed E-state index contributed by atoms with van der Waals surface area (Å²) in [5, 5.41) is 0. The number of rotatable bonds is 4. The molecule has 1 unspecified atom stereocenters. The normalized spacial score (nSPS) is 21.5. The number of amides is 1. The lowest BCUT2D eigenvalue weighted by Gasteiger charge is -2.36. The highest BCUT2D eigenvalue weighted by atomic mass is 16.6. The van der Waals surface area contributed by atoms with Crippen LogP contribution in [0.15, 0.2) is 4.99 Å². The zero-order valence-electron chi connectivity index (χ0n) is 16.3. The summed E-state index contributed by atoms with van der Waals surface area (Å²) in [6.07, 6.45) is 2.39. The van der Waals surface area contributed by atoms with Gasteiger partial charge in [0.2, 0.25) is 0 Å². The Kier molecular flexibility index (Phi) is 6.93. The summed E-state index contributed by atoms with van der Waals surface area (Å²) in [5.74, 6) is 1.11. The molecule has 2 aliphatic heterocycles. The van der Waals surface area contributed by atoms with E-state index in [-0.39, 0.29) is 6.09 Å². The van der Waals surface area contributed by atoms with Crippen LogP contribution in [0.3, 0.4) is 0 Å². The maximum atomic E-state index is 12.1. The van der Waals surface area contributed by atoms with Gasteiger partial charge in [-0.15, -0.1) is 0 Å². The standard InChI is InChI=1S/C18H35N5O2/c1-15(14-21-7-5-6-8-21)13-20-16(19)22-9-11-23(12-10-22)17(24)25-18(2,3)4/h15H,5-14H2,1-4H3,(H2,19,20). The molecule has 1 atom stereocenters. The van der Waals surface area contributed by atoms with Crippen LogP contribution in [0, 0.1) is 5.92 Å². The van der Waals surface area contributed by atoms with Crippen molar-refractivity contribution in [1.29, 1.82) is 0 Å². The fraction of sp³-hybridized carbons (Fsp3) is 0.889. The highest BCUT2D eigenvalue weighted by Crippen LogP contribution is 2.12. The summed E-state index contributed by atoms with van der Waals surface area (Å²) < 4.78 is 5.42. The molecule has 144 valence electrons. The van der Waals surface area contributed by atoms with Crippen molar-refractivity contribution in [1.82, 2.24) is 14.7 Å². The van der Waals surface area contributed by atoms with Crippen LogP contribution in [-0.2, 0) is 4.74 Å². The molecule has 0 radical (unpaired) electrons. The highest BCUT2D eigenvalue weighted by Gasteiger charge is 2.26. The number of piperazine rings is 1. The van der Waals surface area contributed by atoms with E-state index < -0.39 is 5.60 Å². The second kappa shape index (κ2) is 8.74. The molecule has 7 heteroatoms. The third kappa shape index (κ3) is 6.72. The first kappa shape index (κ1) is 19.8. The number of carbonyl (C=O) groups excluding carboxylic acids is 1. The molecule has 0 aromatic rings. The summed E-state index contributed by atoms with van der Waals surface area (Å²) in [6.45, 7) is 14.8. The van der Waals surface area contributed by atoms with E-state index in [0.717, 1.165) is 13.1 Å². The van der Waals surface area contributed by atoms with Crippen molar-refractivity contribution in [2.45, 2.75) is 46.1 Å². The zero-order chi connectivity index (χ0) is 18.4. The van der Waals surface area contributed by atoms with Gasteiger partial charge >= 0.3 is 6.09 Å². The van der Waals surface area contributed by atoms with Crippen LogP contribution in [0.2, 0.25) is 0 Å². The van der Waals surface area contributed by atoms with Crippen molar-refractivity contribution in [2.75, 3.05) is 52.4 Å². The van der Waals surface area contributed by atoms with Gasteiger partial charge in [-0.2, -0.15) is 0 Å². The molecular weight excluding hydrogens is 318 g/mol. The van der Waals surface area contributed by atoms with Crippen LogP contribution in [0.1, 0.15) is 40.5 Å². The lowest BCUT2D eigenvalue weighted by molar-refractivity contribution is 0.0186. The maximum Gasteiger partial charge on any atom is 0.410 e. The third-order valence-corrected chi connectivity index (χ3v) is 4.59. The Morgan fingerprint density at radius 1 is 1.08 bits per heavy atom. The first-order chi connectivity index (χ1) is 11.7. The van der Waals surface area contributed by atoms with Gasteiger partial charge in [0.1, 0.15) is 5.60 Å². The maximum absolute atomic E-state index is 12.1. The van der Waals surface area contributed by atoms with Crippen molar-refractivity contribution in [3.05, 3.63) is 0 Å². The van der Waals surface area contributed by atoms with E-state index >= 15 is 0 Å². The molecule has 2 saturated heterocycles. The van der Waals surface area contributed by atoms with Crippen LogP contribution >= 0.6 is 0 Å². The molecule has 2 aliphatic rings. The summed E-state index contributed by atoms with van der Waals surface area (Å²) in [6, 6.07) is 0. The molecule has 0 aromatic carbocycles. The number of guanidine groups is 1. The molecule has 0 saturated carbocycles. The number of nitrogens with zero attached hydrogens (tertiary/aromatic N) is 4. The Morgan fingerprint density at radius 3 is 2.20 bits per heavy atom. The van der Waals surface area contributed by atoms with Gasteiger partial charge in [0, 0.05) is 39.3 Å². The lowest BCUT2D eigenvalue weighted by Crippen LogP contribution is -2.53. The number of hydrogen-bond acceptors (Lipinski definition) is 4. The fourth-order valence-corrected chi connectivity index (χ4v) is 3.26. The number of likely N-dealkylation sites (tertiary alicyclic amines) is 1. The number of aliphatic imine (C=N–C) groups is 1. The van der Waals surface area contributed by atoms with Crippen molar-refractivity contribution < 1.29 is 9.53 Å². The second-order valence-electron chi connectivity index (χ2n) is 8.27. The van der Waals surface area contributed by atoms with E-state index in [1.54, 1.807) is 4.90 Å². The minimum atomic E-state index is -0.458. The first-order valence-corrected chi connectivity index (χ1v) is 9.50. The van der Waals surface area contributed by atoms with E-state index in [4.69, 9.17) is 10.5 Å². The van der Waals surface area contributed by atoms with Gasteiger partial charge in [0.25, 0.3) is 0 Å². The van der Waals surface area contributed by atoms with Crippen molar-refractivity contribution in [2.24, 2.45) is 16.6 Å². The second-order valence-corrected chi connectivity index (χ2v) is 8.27. The van der Waals surface area contributed by atoms with Crippen molar-refractivity contribution in [3.8, 4) is 0 Å². The first-order valence-electron chi connectivity index (χ1n) is 9.50.